The highest BCUT2D eigenvalue weighted by Crippen LogP contribution is 2.43. The Balaban J connectivity index is 1.24. The van der Waals surface area contributed by atoms with Crippen LogP contribution in [0.5, 0.6) is 5.75 Å². The Morgan fingerprint density at radius 1 is 1.00 bits per heavy atom. The van der Waals surface area contributed by atoms with Crippen molar-refractivity contribution in [3.05, 3.63) is 71.4 Å². The van der Waals surface area contributed by atoms with Crippen LogP contribution in [0.3, 0.4) is 0 Å². The van der Waals surface area contributed by atoms with Gasteiger partial charge in [0.15, 0.2) is 5.79 Å². The first-order valence-corrected chi connectivity index (χ1v) is 13.7. The largest absolute Gasteiger partial charge is 0.489 e. The number of para-hydroxylation sites is 1. The van der Waals surface area contributed by atoms with E-state index in [9.17, 15) is 14.8 Å². The number of hydrogen-bond donors (Lipinski definition) is 3. The zero-order chi connectivity index (χ0) is 28.4. The minimum atomic E-state index is -0.829. The average Bonchev–Trinajstić information content (AvgIpc) is 2.95. The smallest absolute Gasteiger partial charge is 0.251 e. The maximum absolute atomic E-state index is 13.3. The van der Waals surface area contributed by atoms with Gasteiger partial charge in [0.25, 0.3) is 5.91 Å². The van der Waals surface area contributed by atoms with Gasteiger partial charge in [-0.15, -0.1) is 0 Å². The minimum Gasteiger partial charge on any atom is -0.489 e. The van der Waals surface area contributed by atoms with Crippen LogP contribution < -0.4 is 15.5 Å². The fraction of sp³-hybridized carbons (Fsp3) is 0.452. The highest BCUT2D eigenvalue weighted by Gasteiger charge is 2.49. The maximum atomic E-state index is 13.3. The second-order valence-electron chi connectivity index (χ2n) is 11.9. The van der Waals surface area contributed by atoms with Gasteiger partial charge in [-0.2, -0.15) is 0 Å². The van der Waals surface area contributed by atoms with Gasteiger partial charge in [-0.3, -0.25) is 19.8 Å². The van der Waals surface area contributed by atoms with E-state index in [-0.39, 0.29) is 17.7 Å². The van der Waals surface area contributed by atoms with Gasteiger partial charge in [0.05, 0.1) is 25.2 Å². The molecule has 1 saturated heterocycles. The summed E-state index contributed by atoms with van der Waals surface area (Å²) in [7, 11) is 0. The third-order valence-electron chi connectivity index (χ3n) is 7.86. The average molecular weight is 548 g/mol. The number of hydrogen-bond acceptors (Lipinski definition) is 7. The van der Waals surface area contributed by atoms with Crippen molar-refractivity contribution in [3.8, 4) is 5.75 Å². The molecule has 0 atom stereocenters. The van der Waals surface area contributed by atoms with Crippen molar-refractivity contribution in [3.63, 3.8) is 0 Å². The van der Waals surface area contributed by atoms with E-state index in [1.54, 1.807) is 29.7 Å². The molecule has 1 aliphatic heterocycles. The van der Waals surface area contributed by atoms with Crippen LogP contribution in [0.2, 0.25) is 0 Å². The molecule has 3 aromatic rings. The third-order valence-corrected chi connectivity index (χ3v) is 7.86. The van der Waals surface area contributed by atoms with E-state index >= 15 is 0 Å². The minimum absolute atomic E-state index is 0.0443. The Morgan fingerprint density at radius 3 is 2.35 bits per heavy atom. The number of ether oxygens (including phenoxy) is 3. The molecule has 2 aromatic carbocycles. The van der Waals surface area contributed by atoms with Gasteiger partial charge >= 0.3 is 0 Å². The predicted molar refractivity (Wildman–Crippen MR) is 149 cm³/mol. The number of hydroxylamine groups is 1. The number of aryl methyl sites for hydroxylation is 1. The van der Waals surface area contributed by atoms with Gasteiger partial charge in [-0.25, -0.2) is 5.48 Å². The van der Waals surface area contributed by atoms with Gasteiger partial charge in [-0.1, -0.05) is 32.0 Å². The molecule has 0 bridgehead atoms. The molecule has 40 heavy (non-hydrogen) atoms. The first-order valence-electron chi connectivity index (χ1n) is 13.7. The number of nitrogens with zero attached hydrogens (tertiary/aromatic N) is 1. The number of nitrogens with one attached hydrogen (secondary N) is 2. The monoisotopic (exact) mass is 547 g/mol. The fourth-order valence-electron chi connectivity index (χ4n) is 5.52. The van der Waals surface area contributed by atoms with Gasteiger partial charge in [0.1, 0.15) is 12.4 Å². The highest BCUT2D eigenvalue weighted by molar-refractivity contribution is 5.95. The van der Waals surface area contributed by atoms with Gasteiger partial charge < -0.3 is 19.5 Å². The molecule has 9 nitrogen and oxygen atoms in total. The zero-order valence-corrected chi connectivity index (χ0v) is 23.3. The van der Waals surface area contributed by atoms with Crippen molar-refractivity contribution in [2.75, 3.05) is 13.2 Å². The Hall–Kier alpha value is -3.53. The number of carbonyl (C=O) groups is 2. The summed E-state index contributed by atoms with van der Waals surface area (Å²) in [6.07, 6.45) is 1.99. The first kappa shape index (κ1) is 28.0. The molecule has 2 amide bonds. The van der Waals surface area contributed by atoms with E-state index in [1.807, 2.05) is 37.3 Å². The summed E-state index contributed by atoms with van der Waals surface area (Å²) in [5.74, 6) is -0.906. The van der Waals surface area contributed by atoms with E-state index in [0.717, 1.165) is 22.2 Å². The summed E-state index contributed by atoms with van der Waals surface area (Å²) in [6.45, 7) is 7.71. The molecule has 0 radical (unpaired) electrons. The van der Waals surface area contributed by atoms with Crippen LogP contribution in [0.4, 0.5) is 0 Å². The molecule has 212 valence electrons. The number of benzene rings is 2. The Kier molecular flexibility index (Phi) is 7.81. The number of amides is 2. The normalized spacial score (nSPS) is 19.2. The Morgan fingerprint density at radius 2 is 1.68 bits per heavy atom. The lowest BCUT2D eigenvalue weighted by Crippen LogP contribution is -2.58. The van der Waals surface area contributed by atoms with Gasteiger partial charge in [0, 0.05) is 46.0 Å². The highest BCUT2D eigenvalue weighted by atomic mass is 16.7. The van der Waals surface area contributed by atoms with E-state index in [2.05, 4.69) is 24.1 Å². The summed E-state index contributed by atoms with van der Waals surface area (Å²) in [4.78, 5) is 30.1. The van der Waals surface area contributed by atoms with E-state index in [1.165, 1.54) is 0 Å². The Labute approximate surface area is 234 Å². The third kappa shape index (κ3) is 6.27. The lowest BCUT2D eigenvalue weighted by atomic mass is 9.75. The van der Waals surface area contributed by atoms with Crippen LogP contribution in [-0.2, 0) is 20.9 Å². The van der Waals surface area contributed by atoms with Crippen molar-refractivity contribution in [2.24, 2.45) is 5.41 Å². The fourth-order valence-corrected chi connectivity index (χ4v) is 5.52. The number of fused-ring (bicyclic) bond motifs is 1. The standard InChI is InChI=1S/C31H37N3O6/c1-21-16-23(25-6-4-5-7-26(25)32-21)18-38-24-10-8-22(9-11-24)28(36)33-30(17-27(35)34-37)12-14-31(15-13-30)39-19-29(2,3)20-40-31/h4-11,16,37H,12-15,17-20H2,1-3H3,(H,33,36)(H,34,35). The second kappa shape index (κ2) is 11.2. The number of rotatable bonds is 7. The number of pyridine rings is 1. The quantitative estimate of drug-likeness (QED) is 0.286. The van der Waals surface area contributed by atoms with Crippen molar-refractivity contribution in [1.82, 2.24) is 15.8 Å². The first-order chi connectivity index (χ1) is 19.1. The summed E-state index contributed by atoms with van der Waals surface area (Å²) >= 11 is 0. The maximum Gasteiger partial charge on any atom is 0.251 e. The lowest BCUT2D eigenvalue weighted by molar-refractivity contribution is -0.313. The molecule has 1 saturated carbocycles. The zero-order valence-electron chi connectivity index (χ0n) is 23.3. The van der Waals surface area contributed by atoms with Crippen molar-refractivity contribution in [2.45, 2.75) is 70.8 Å². The SMILES string of the molecule is Cc1cc(COc2ccc(C(=O)NC3(CC(=O)NO)CCC4(CC3)OCC(C)(C)CO4)cc2)c2ccccc2n1. The molecule has 2 heterocycles. The number of carbonyl (C=O) groups excluding carboxylic acids is 2. The summed E-state index contributed by atoms with van der Waals surface area (Å²) in [6, 6.07) is 16.9. The van der Waals surface area contributed by atoms with Crippen molar-refractivity contribution < 1.29 is 29.0 Å². The molecular weight excluding hydrogens is 510 g/mol. The van der Waals surface area contributed by atoms with Crippen LogP contribution in [0.15, 0.2) is 54.6 Å². The van der Waals surface area contributed by atoms with E-state index in [0.29, 0.717) is 56.8 Å². The lowest BCUT2D eigenvalue weighted by Gasteiger charge is -2.50. The summed E-state index contributed by atoms with van der Waals surface area (Å²) < 4.78 is 18.3. The van der Waals surface area contributed by atoms with Crippen LogP contribution in [0, 0.1) is 12.3 Å². The molecule has 1 aliphatic carbocycles. The molecule has 9 heteroatoms. The van der Waals surface area contributed by atoms with Crippen LogP contribution in [0.1, 0.15) is 67.6 Å². The van der Waals surface area contributed by atoms with Gasteiger partial charge in [0.2, 0.25) is 5.91 Å². The molecule has 2 aliphatic rings. The van der Waals surface area contributed by atoms with E-state index in [4.69, 9.17) is 14.2 Å². The van der Waals surface area contributed by atoms with E-state index < -0.39 is 17.2 Å². The Bertz CT molecular complexity index is 1370. The van der Waals surface area contributed by atoms with Crippen LogP contribution >= 0.6 is 0 Å². The molecule has 1 aromatic heterocycles. The van der Waals surface area contributed by atoms with Crippen LogP contribution in [0.25, 0.3) is 10.9 Å². The molecule has 5 rings (SSSR count). The summed E-state index contributed by atoms with van der Waals surface area (Å²) in [5.41, 5.74) is 4.17. The molecule has 2 fully saturated rings. The topological polar surface area (TPSA) is 119 Å². The molecule has 1 spiro atoms. The molecular formula is C31H37N3O6. The summed E-state index contributed by atoms with van der Waals surface area (Å²) in [5, 5.41) is 13.3. The number of aromatic nitrogens is 1. The van der Waals surface area contributed by atoms with Crippen LogP contribution in [-0.4, -0.2) is 46.5 Å². The van der Waals surface area contributed by atoms with Crippen molar-refractivity contribution >= 4 is 22.7 Å². The molecule has 3 N–H and O–H groups in total. The predicted octanol–water partition coefficient (Wildman–Crippen LogP) is 4.83. The van der Waals surface area contributed by atoms with Gasteiger partial charge in [-0.05, 0) is 56.2 Å². The van der Waals surface area contributed by atoms with Crippen molar-refractivity contribution in [1.29, 1.82) is 0 Å². The molecule has 0 unspecified atom stereocenters. The second-order valence-corrected chi connectivity index (χ2v) is 11.9.